The lowest BCUT2D eigenvalue weighted by molar-refractivity contribution is 0.358. The summed E-state index contributed by atoms with van der Waals surface area (Å²) in [6.45, 7) is 0.635. The van der Waals surface area contributed by atoms with Crippen LogP contribution in [0.4, 0.5) is 4.39 Å². The molecule has 2 heterocycles. The van der Waals surface area contributed by atoms with E-state index in [2.05, 4.69) is 10.2 Å². The minimum absolute atomic E-state index is 0.234. The predicted molar refractivity (Wildman–Crippen MR) is 80.7 cm³/mol. The Bertz CT molecular complexity index is 801. The van der Waals surface area contributed by atoms with Crippen LogP contribution in [0, 0.1) is 5.82 Å². The van der Waals surface area contributed by atoms with Gasteiger partial charge in [0.05, 0.1) is 5.69 Å². The molecule has 6 nitrogen and oxygen atoms in total. The molecule has 3 rings (SSSR count). The summed E-state index contributed by atoms with van der Waals surface area (Å²) >= 11 is 0. The van der Waals surface area contributed by atoms with Gasteiger partial charge in [-0.2, -0.15) is 22.1 Å². The molecule has 0 aliphatic carbocycles. The smallest absolute Gasteiger partial charge is 0.281 e. The van der Waals surface area contributed by atoms with E-state index in [0.717, 1.165) is 11.3 Å². The summed E-state index contributed by atoms with van der Waals surface area (Å²) in [5.74, 6) is -0.345. The van der Waals surface area contributed by atoms with Crippen LogP contribution in [0.5, 0.6) is 0 Å². The predicted octanol–water partition coefficient (Wildman–Crippen LogP) is 1.38. The molecule has 0 saturated heterocycles. The van der Waals surface area contributed by atoms with Gasteiger partial charge in [0, 0.05) is 50.4 Å². The zero-order valence-electron chi connectivity index (χ0n) is 12.4. The fourth-order valence-corrected chi connectivity index (χ4v) is 3.65. The van der Waals surface area contributed by atoms with Gasteiger partial charge < -0.3 is 0 Å². The van der Waals surface area contributed by atoms with Crippen LogP contribution in [-0.4, -0.2) is 47.9 Å². The van der Waals surface area contributed by atoms with Crippen LogP contribution in [0.2, 0.25) is 0 Å². The van der Waals surface area contributed by atoms with Crippen LogP contribution < -0.4 is 0 Å². The van der Waals surface area contributed by atoms with E-state index in [1.54, 1.807) is 12.1 Å². The van der Waals surface area contributed by atoms with Crippen LogP contribution in [0.3, 0.4) is 0 Å². The molecular weight excluding hydrogens is 307 g/mol. The molecule has 1 aliphatic rings. The van der Waals surface area contributed by atoms with Gasteiger partial charge in [0.25, 0.3) is 10.2 Å². The number of fused-ring (bicyclic) bond motifs is 1. The number of rotatable bonds is 3. The molecule has 22 heavy (non-hydrogen) atoms. The van der Waals surface area contributed by atoms with Gasteiger partial charge >= 0.3 is 0 Å². The summed E-state index contributed by atoms with van der Waals surface area (Å²) in [7, 11) is -0.461. The Labute approximate surface area is 128 Å². The van der Waals surface area contributed by atoms with Crippen LogP contribution in [0.25, 0.3) is 11.3 Å². The maximum Gasteiger partial charge on any atom is 0.281 e. The summed E-state index contributed by atoms with van der Waals surface area (Å²) in [5.41, 5.74) is 2.96. The van der Waals surface area contributed by atoms with Gasteiger partial charge in [-0.15, -0.1) is 0 Å². The lowest BCUT2D eigenvalue weighted by Gasteiger charge is -2.28. The summed E-state index contributed by atoms with van der Waals surface area (Å²) in [4.78, 5) is 0. The molecular formula is C14H17FN4O2S. The van der Waals surface area contributed by atoms with Crippen molar-refractivity contribution in [2.75, 3.05) is 20.6 Å². The second kappa shape index (κ2) is 5.45. The van der Waals surface area contributed by atoms with Gasteiger partial charge in [0.1, 0.15) is 5.82 Å². The molecule has 0 radical (unpaired) electrons. The number of H-pyrrole nitrogens is 1. The highest BCUT2D eigenvalue weighted by Crippen LogP contribution is 2.29. The molecule has 0 bridgehead atoms. The number of nitrogens with zero attached hydrogens (tertiary/aromatic N) is 3. The van der Waals surface area contributed by atoms with Crippen molar-refractivity contribution >= 4 is 10.2 Å². The van der Waals surface area contributed by atoms with Gasteiger partial charge in [0.2, 0.25) is 0 Å². The van der Waals surface area contributed by atoms with E-state index in [9.17, 15) is 12.8 Å². The minimum atomic E-state index is -3.48. The number of benzene rings is 1. The van der Waals surface area contributed by atoms with Gasteiger partial charge in [-0.1, -0.05) is 12.1 Å². The Kier molecular flexibility index (Phi) is 3.75. The van der Waals surface area contributed by atoms with Gasteiger partial charge in [-0.3, -0.25) is 5.10 Å². The fourth-order valence-electron chi connectivity index (χ4n) is 2.57. The summed E-state index contributed by atoms with van der Waals surface area (Å²) in [6.07, 6.45) is 0.560. The average Bonchev–Trinajstić information content (AvgIpc) is 2.90. The topological polar surface area (TPSA) is 69.3 Å². The van der Waals surface area contributed by atoms with E-state index in [4.69, 9.17) is 0 Å². The van der Waals surface area contributed by atoms with Crippen molar-refractivity contribution in [1.29, 1.82) is 0 Å². The number of nitrogens with one attached hydrogen (secondary N) is 1. The second-order valence-electron chi connectivity index (χ2n) is 5.41. The second-order valence-corrected chi connectivity index (χ2v) is 7.56. The first-order chi connectivity index (χ1) is 10.4. The van der Waals surface area contributed by atoms with E-state index >= 15 is 0 Å². The van der Waals surface area contributed by atoms with Crippen molar-refractivity contribution in [2.45, 2.75) is 13.0 Å². The summed E-state index contributed by atoms with van der Waals surface area (Å²) in [5, 5.41) is 7.18. The molecule has 0 atom stereocenters. The number of halogens is 1. The molecule has 1 aromatic carbocycles. The molecule has 8 heteroatoms. The van der Waals surface area contributed by atoms with Crippen LogP contribution in [0.15, 0.2) is 24.3 Å². The highest BCUT2D eigenvalue weighted by molar-refractivity contribution is 7.86. The van der Waals surface area contributed by atoms with Crippen LogP contribution in [-0.2, 0) is 23.2 Å². The Morgan fingerprint density at radius 2 is 2.14 bits per heavy atom. The van der Waals surface area contributed by atoms with E-state index in [-0.39, 0.29) is 12.4 Å². The molecule has 0 saturated carbocycles. The van der Waals surface area contributed by atoms with Crippen molar-refractivity contribution in [1.82, 2.24) is 18.8 Å². The van der Waals surface area contributed by atoms with Crippen molar-refractivity contribution in [3.05, 3.63) is 41.3 Å². The van der Waals surface area contributed by atoms with Gasteiger partial charge in [-0.05, 0) is 12.1 Å². The number of aromatic amines is 1. The zero-order valence-corrected chi connectivity index (χ0v) is 13.2. The minimum Gasteiger partial charge on any atom is -0.282 e. The highest BCUT2D eigenvalue weighted by atomic mass is 32.2. The number of hydrogen-bond acceptors (Lipinski definition) is 3. The Balaban J connectivity index is 1.99. The summed E-state index contributed by atoms with van der Waals surface area (Å²) < 4.78 is 40.6. The third-order valence-corrected chi connectivity index (χ3v) is 5.67. The Morgan fingerprint density at radius 1 is 1.36 bits per heavy atom. The summed E-state index contributed by atoms with van der Waals surface area (Å²) in [6, 6.07) is 6.14. The van der Waals surface area contributed by atoms with Crippen LogP contribution in [0.1, 0.15) is 11.3 Å². The van der Waals surface area contributed by atoms with Gasteiger partial charge in [0.15, 0.2) is 0 Å². The standard InChI is InChI=1S/C14H17FN4O2S/c1-18(2)22(20,21)19-7-6-13-12(9-19)14(17-16-13)10-4-3-5-11(15)8-10/h3-5,8H,6-7,9H2,1-2H3,(H,16,17). The zero-order chi connectivity index (χ0) is 15.9. The molecule has 0 unspecified atom stereocenters. The van der Waals surface area contributed by atoms with E-state index in [0.29, 0.717) is 24.2 Å². The number of hydrogen-bond donors (Lipinski definition) is 1. The normalized spacial score (nSPS) is 16.0. The van der Waals surface area contributed by atoms with E-state index in [1.165, 1.54) is 34.8 Å². The van der Waals surface area contributed by atoms with Gasteiger partial charge in [-0.25, -0.2) is 4.39 Å². The SMILES string of the molecule is CN(C)S(=O)(=O)N1CCc2[nH]nc(-c3cccc(F)c3)c2C1. The molecule has 0 spiro atoms. The average molecular weight is 324 g/mol. The third-order valence-electron chi connectivity index (χ3n) is 3.78. The van der Waals surface area contributed by atoms with Crippen molar-refractivity contribution in [3.8, 4) is 11.3 Å². The maximum atomic E-state index is 13.4. The molecule has 1 aliphatic heterocycles. The molecule has 0 amide bonds. The lowest BCUT2D eigenvalue weighted by atomic mass is 10.0. The molecule has 1 aromatic heterocycles. The number of aromatic nitrogens is 2. The largest absolute Gasteiger partial charge is 0.282 e. The molecule has 2 aromatic rings. The van der Waals surface area contributed by atoms with Crippen molar-refractivity contribution in [3.63, 3.8) is 0 Å². The Morgan fingerprint density at radius 3 is 2.82 bits per heavy atom. The van der Waals surface area contributed by atoms with Crippen molar-refractivity contribution < 1.29 is 12.8 Å². The molecule has 118 valence electrons. The highest BCUT2D eigenvalue weighted by Gasteiger charge is 2.31. The van der Waals surface area contributed by atoms with E-state index < -0.39 is 10.2 Å². The maximum absolute atomic E-state index is 13.4. The lowest BCUT2D eigenvalue weighted by Crippen LogP contribution is -2.42. The van der Waals surface area contributed by atoms with Crippen molar-refractivity contribution in [2.24, 2.45) is 0 Å². The third kappa shape index (κ3) is 2.53. The Hall–Kier alpha value is -1.77. The monoisotopic (exact) mass is 324 g/mol. The van der Waals surface area contributed by atoms with Crippen LogP contribution >= 0.6 is 0 Å². The first-order valence-electron chi connectivity index (χ1n) is 6.89. The molecule has 1 N–H and O–H groups in total. The fraction of sp³-hybridized carbons (Fsp3) is 0.357. The first-order valence-corrected chi connectivity index (χ1v) is 8.29. The van der Waals surface area contributed by atoms with E-state index in [1.807, 2.05) is 0 Å². The molecule has 0 fully saturated rings. The quantitative estimate of drug-likeness (QED) is 0.927. The first kappa shape index (κ1) is 15.1.